The van der Waals surface area contributed by atoms with Crippen molar-refractivity contribution in [2.75, 3.05) is 20.8 Å². The summed E-state index contributed by atoms with van der Waals surface area (Å²) < 4.78 is 10.7. The Kier molecular flexibility index (Phi) is 5.97. The van der Waals surface area contributed by atoms with E-state index in [9.17, 15) is 4.79 Å². The van der Waals surface area contributed by atoms with Crippen molar-refractivity contribution < 1.29 is 13.6 Å². The smallest absolute Gasteiger partial charge is 0.345 e. The summed E-state index contributed by atoms with van der Waals surface area (Å²) >= 11 is 0. The summed E-state index contributed by atoms with van der Waals surface area (Å²) in [5, 5.41) is 0. The summed E-state index contributed by atoms with van der Waals surface area (Å²) in [6.07, 6.45) is 0.579. The Morgan fingerprint density at radius 3 is 2.20 bits per heavy atom. The van der Waals surface area contributed by atoms with E-state index in [1.54, 1.807) is 21.1 Å². The zero-order chi connectivity index (χ0) is 12.1. The van der Waals surface area contributed by atoms with Crippen molar-refractivity contribution in [3.05, 3.63) is 12.2 Å². The first-order valence-corrected chi connectivity index (χ1v) is 7.32. The van der Waals surface area contributed by atoms with E-state index in [2.05, 4.69) is 6.58 Å². The molecule has 0 aromatic heterocycles. The largest absolute Gasteiger partial charge is 0.397 e. The molecule has 0 bridgehead atoms. The summed E-state index contributed by atoms with van der Waals surface area (Å²) in [6.45, 7) is 7.67. The molecule has 1 atom stereocenters. The van der Waals surface area contributed by atoms with Gasteiger partial charge in [-0.05, 0) is 32.0 Å². The molecule has 0 aliphatic rings. The molecule has 0 aliphatic carbocycles. The quantitative estimate of drug-likeness (QED) is 0.528. The van der Waals surface area contributed by atoms with Crippen LogP contribution in [0.25, 0.3) is 0 Å². The molecule has 0 spiro atoms. The van der Waals surface area contributed by atoms with Gasteiger partial charge in [0.05, 0.1) is 5.54 Å². The van der Waals surface area contributed by atoms with Crippen LogP contribution in [0.15, 0.2) is 12.2 Å². The topological polar surface area (TPSA) is 61.6 Å². The van der Waals surface area contributed by atoms with Gasteiger partial charge in [0.25, 0.3) is 0 Å². The van der Waals surface area contributed by atoms with Gasteiger partial charge in [-0.25, -0.2) is 0 Å². The molecule has 0 heterocycles. The standard InChI is InChI=1S/C10H21NO3Si/c1-8(2)10(12)9(6-7-11)15(5,13-3)14-4/h9H,1,6-7,11H2,2-5H3. The maximum absolute atomic E-state index is 11.9. The minimum Gasteiger partial charge on any atom is -0.397 e. The third-order valence-corrected chi connectivity index (χ3v) is 6.07. The minimum atomic E-state index is -2.46. The summed E-state index contributed by atoms with van der Waals surface area (Å²) in [5.74, 6) is -0.00156. The summed E-state index contributed by atoms with van der Waals surface area (Å²) in [5.41, 5.74) is 5.76. The van der Waals surface area contributed by atoms with E-state index in [4.69, 9.17) is 14.6 Å². The lowest BCUT2D eigenvalue weighted by Gasteiger charge is -2.30. The van der Waals surface area contributed by atoms with E-state index in [1.165, 1.54) is 0 Å². The minimum absolute atomic E-state index is 0.00156. The molecule has 0 rings (SSSR count). The first-order valence-electron chi connectivity index (χ1n) is 4.93. The molecule has 0 aliphatic heterocycles. The van der Waals surface area contributed by atoms with E-state index in [1.807, 2.05) is 6.55 Å². The van der Waals surface area contributed by atoms with Gasteiger partial charge >= 0.3 is 8.56 Å². The highest BCUT2D eigenvalue weighted by atomic mass is 28.4. The molecule has 0 aromatic rings. The van der Waals surface area contributed by atoms with Crippen molar-refractivity contribution in [3.63, 3.8) is 0 Å². The molecule has 5 heteroatoms. The number of nitrogens with two attached hydrogens (primary N) is 1. The fourth-order valence-corrected chi connectivity index (χ4v) is 3.61. The predicted octanol–water partition coefficient (Wildman–Crippen LogP) is 1.22. The summed E-state index contributed by atoms with van der Waals surface area (Å²) in [7, 11) is 0.685. The average Bonchev–Trinajstić information content (AvgIpc) is 2.23. The van der Waals surface area contributed by atoms with Crippen LogP contribution in [0.3, 0.4) is 0 Å². The highest BCUT2D eigenvalue weighted by Crippen LogP contribution is 2.29. The van der Waals surface area contributed by atoms with Crippen LogP contribution in [0.1, 0.15) is 13.3 Å². The number of hydrogen-bond donors (Lipinski definition) is 1. The third kappa shape index (κ3) is 3.53. The van der Waals surface area contributed by atoms with Crippen molar-refractivity contribution in [1.29, 1.82) is 0 Å². The Balaban J connectivity index is 4.93. The Morgan fingerprint density at radius 2 is 1.93 bits per heavy atom. The number of hydrogen-bond acceptors (Lipinski definition) is 4. The van der Waals surface area contributed by atoms with Gasteiger partial charge in [0.2, 0.25) is 0 Å². The van der Waals surface area contributed by atoms with Gasteiger partial charge in [-0.2, -0.15) is 0 Å². The number of allylic oxidation sites excluding steroid dienone is 1. The molecule has 0 aromatic carbocycles. The predicted molar refractivity (Wildman–Crippen MR) is 62.9 cm³/mol. The number of carbonyl (C=O) groups is 1. The summed E-state index contributed by atoms with van der Waals surface area (Å²) in [4.78, 5) is 11.9. The van der Waals surface area contributed by atoms with Gasteiger partial charge in [0, 0.05) is 14.2 Å². The lowest BCUT2D eigenvalue weighted by Crippen LogP contribution is -2.46. The van der Waals surface area contributed by atoms with Gasteiger partial charge in [0.15, 0.2) is 5.78 Å². The van der Waals surface area contributed by atoms with Gasteiger partial charge in [-0.3, -0.25) is 4.79 Å². The number of ketones is 1. The van der Waals surface area contributed by atoms with E-state index >= 15 is 0 Å². The van der Waals surface area contributed by atoms with Crippen molar-refractivity contribution in [2.45, 2.75) is 25.4 Å². The molecule has 88 valence electrons. The van der Waals surface area contributed by atoms with E-state index < -0.39 is 8.56 Å². The SMILES string of the molecule is C=C(C)C(=O)C(CCN)[Si](C)(OC)OC. The molecular weight excluding hydrogens is 210 g/mol. The highest BCUT2D eigenvalue weighted by Gasteiger charge is 2.43. The molecule has 1 unspecified atom stereocenters. The maximum atomic E-state index is 11.9. The fraction of sp³-hybridized carbons (Fsp3) is 0.700. The number of Topliss-reactive ketones (excluding diaryl/α,β-unsaturated/α-hetero) is 1. The van der Waals surface area contributed by atoms with Crippen LogP contribution in [0.4, 0.5) is 0 Å². The first kappa shape index (κ1) is 14.5. The molecule has 0 fully saturated rings. The molecular formula is C10H21NO3Si. The first-order chi connectivity index (χ1) is 6.92. The normalized spacial score (nSPS) is 13.7. The van der Waals surface area contributed by atoms with Gasteiger partial charge in [-0.15, -0.1) is 0 Å². The Morgan fingerprint density at radius 1 is 1.47 bits per heavy atom. The molecule has 15 heavy (non-hydrogen) atoms. The maximum Gasteiger partial charge on any atom is 0.345 e. The Hall–Kier alpha value is -0.493. The van der Waals surface area contributed by atoms with Crippen LogP contribution in [-0.2, 0) is 13.6 Å². The number of rotatable bonds is 7. The average molecular weight is 231 g/mol. The number of carbonyl (C=O) groups excluding carboxylic acids is 1. The second-order valence-corrected chi connectivity index (χ2v) is 7.24. The van der Waals surface area contributed by atoms with Gasteiger partial charge < -0.3 is 14.6 Å². The van der Waals surface area contributed by atoms with Crippen LogP contribution >= 0.6 is 0 Å². The van der Waals surface area contributed by atoms with Crippen molar-refractivity contribution in [2.24, 2.45) is 5.73 Å². The van der Waals surface area contributed by atoms with E-state index in [-0.39, 0.29) is 11.3 Å². The van der Waals surface area contributed by atoms with Crippen LogP contribution < -0.4 is 5.73 Å². The Labute approximate surface area is 92.7 Å². The summed E-state index contributed by atoms with van der Waals surface area (Å²) in [6, 6.07) is 0. The van der Waals surface area contributed by atoms with E-state index in [0.717, 1.165) is 0 Å². The molecule has 0 saturated heterocycles. The third-order valence-electron chi connectivity index (χ3n) is 2.64. The zero-order valence-electron chi connectivity index (χ0n) is 10.0. The van der Waals surface area contributed by atoms with Crippen LogP contribution in [0, 0.1) is 0 Å². The van der Waals surface area contributed by atoms with Crippen LogP contribution in [-0.4, -0.2) is 35.1 Å². The van der Waals surface area contributed by atoms with Crippen molar-refractivity contribution in [3.8, 4) is 0 Å². The second kappa shape index (κ2) is 6.17. The molecule has 0 amide bonds. The van der Waals surface area contributed by atoms with Gasteiger partial charge in [0.1, 0.15) is 0 Å². The molecule has 0 saturated carbocycles. The van der Waals surface area contributed by atoms with Crippen molar-refractivity contribution >= 4 is 14.3 Å². The van der Waals surface area contributed by atoms with Crippen LogP contribution in [0.5, 0.6) is 0 Å². The second-order valence-electron chi connectivity index (χ2n) is 3.70. The highest BCUT2D eigenvalue weighted by molar-refractivity contribution is 6.71. The lowest BCUT2D eigenvalue weighted by atomic mass is 10.1. The van der Waals surface area contributed by atoms with E-state index in [0.29, 0.717) is 18.5 Å². The monoisotopic (exact) mass is 231 g/mol. The fourth-order valence-electron chi connectivity index (χ4n) is 1.46. The Bertz CT molecular complexity index is 239. The van der Waals surface area contributed by atoms with Gasteiger partial charge in [-0.1, -0.05) is 6.58 Å². The molecule has 0 radical (unpaired) electrons. The molecule has 4 nitrogen and oxygen atoms in total. The lowest BCUT2D eigenvalue weighted by molar-refractivity contribution is -0.116. The zero-order valence-corrected chi connectivity index (χ0v) is 11.0. The van der Waals surface area contributed by atoms with Crippen LogP contribution in [0.2, 0.25) is 12.1 Å². The molecule has 2 N–H and O–H groups in total. The van der Waals surface area contributed by atoms with Crippen molar-refractivity contribution in [1.82, 2.24) is 0 Å².